The summed E-state index contributed by atoms with van der Waals surface area (Å²) in [5.41, 5.74) is 0. The molecule has 3 N–H and O–H groups in total. The number of hydrogen-bond acceptors (Lipinski definition) is 5. The van der Waals surface area contributed by atoms with Gasteiger partial charge in [0, 0.05) is 12.8 Å². The maximum Gasteiger partial charge on any atom is 0.305 e. The summed E-state index contributed by atoms with van der Waals surface area (Å²) in [7, 11) is 0. The fraction of sp³-hybridized carbons (Fsp3) is 0.875. The molecule has 412 valence electrons. The van der Waals surface area contributed by atoms with E-state index in [1.165, 1.54) is 250 Å². The van der Waals surface area contributed by atoms with Crippen LogP contribution in [-0.4, -0.2) is 47.4 Å². The molecule has 6 nitrogen and oxygen atoms in total. The van der Waals surface area contributed by atoms with Crippen LogP contribution >= 0.6 is 0 Å². The van der Waals surface area contributed by atoms with E-state index in [2.05, 4.69) is 55.6 Å². The smallest absolute Gasteiger partial charge is 0.305 e. The lowest BCUT2D eigenvalue weighted by molar-refractivity contribution is -0.143. The monoisotopic (exact) mass is 984 g/mol. The Labute approximate surface area is 436 Å². The lowest BCUT2D eigenvalue weighted by atomic mass is 10.0. The largest absolute Gasteiger partial charge is 0.466 e. The lowest BCUT2D eigenvalue weighted by Crippen LogP contribution is -2.45. The molecule has 2 atom stereocenters. The highest BCUT2D eigenvalue weighted by atomic mass is 16.5. The summed E-state index contributed by atoms with van der Waals surface area (Å²) in [4.78, 5) is 24.5. The van der Waals surface area contributed by atoms with Gasteiger partial charge in [-0.3, -0.25) is 9.59 Å². The Kier molecular flexibility index (Phi) is 58.0. The molecule has 70 heavy (non-hydrogen) atoms. The summed E-state index contributed by atoms with van der Waals surface area (Å²) >= 11 is 0. The zero-order valence-electron chi connectivity index (χ0n) is 47.0. The van der Waals surface area contributed by atoms with Crippen molar-refractivity contribution in [1.29, 1.82) is 0 Å². The molecule has 0 rings (SSSR count). The molecule has 0 saturated heterocycles. The quantitative estimate of drug-likeness (QED) is 0.0321. The maximum atomic E-state index is 12.5. The van der Waals surface area contributed by atoms with E-state index < -0.39 is 12.1 Å². The molecule has 0 aliphatic rings. The van der Waals surface area contributed by atoms with Crippen LogP contribution in [0.1, 0.15) is 335 Å². The lowest BCUT2D eigenvalue weighted by Gasteiger charge is -2.22. The Morgan fingerprint density at radius 2 is 0.714 bits per heavy atom. The molecule has 0 aromatic heterocycles. The average Bonchev–Trinajstić information content (AvgIpc) is 3.36. The van der Waals surface area contributed by atoms with Crippen molar-refractivity contribution in [3.63, 3.8) is 0 Å². The third kappa shape index (κ3) is 55.4. The topological polar surface area (TPSA) is 95.9 Å². The van der Waals surface area contributed by atoms with E-state index in [9.17, 15) is 19.8 Å². The van der Waals surface area contributed by atoms with Gasteiger partial charge < -0.3 is 20.3 Å². The molecule has 0 spiro atoms. The minimum absolute atomic E-state index is 0.00563. The Morgan fingerprint density at radius 1 is 0.400 bits per heavy atom. The first-order chi connectivity index (χ1) is 34.5. The average molecular weight is 985 g/mol. The fourth-order valence-corrected chi connectivity index (χ4v) is 9.61. The third-order valence-corrected chi connectivity index (χ3v) is 14.4. The first-order valence-electron chi connectivity index (χ1n) is 31.2. The van der Waals surface area contributed by atoms with E-state index in [0.717, 1.165) is 51.4 Å². The number of hydrogen-bond donors (Lipinski definition) is 3. The van der Waals surface area contributed by atoms with Crippen molar-refractivity contribution in [3.05, 3.63) is 36.5 Å². The molecule has 0 heterocycles. The third-order valence-electron chi connectivity index (χ3n) is 14.4. The number of aliphatic hydroxyl groups is 2. The van der Waals surface area contributed by atoms with E-state index in [-0.39, 0.29) is 18.5 Å². The maximum absolute atomic E-state index is 12.5. The van der Waals surface area contributed by atoms with Crippen molar-refractivity contribution in [1.82, 2.24) is 5.32 Å². The number of amides is 1. The summed E-state index contributed by atoms with van der Waals surface area (Å²) < 4.78 is 5.47. The fourth-order valence-electron chi connectivity index (χ4n) is 9.61. The minimum Gasteiger partial charge on any atom is -0.466 e. The molecule has 0 fully saturated rings. The van der Waals surface area contributed by atoms with Gasteiger partial charge in [-0.2, -0.15) is 0 Å². The van der Waals surface area contributed by atoms with Crippen molar-refractivity contribution in [2.75, 3.05) is 13.2 Å². The molecule has 6 heteroatoms. The van der Waals surface area contributed by atoms with Gasteiger partial charge in [-0.1, -0.05) is 275 Å². The summed E-state index contributed by atoms with van der Waals surface area (Å²) in [5, 5.41) is 23.3. The number of unbranched alkanes of at least 4 members (excludes halogenated alkanes) is 41. The van der Waals surface area contributed by atoms with E-state index >= 15 is 0 Å². The number of rotatable bonds is 58. The van der Waals surface area contributed by atoms with Crippen LogP contribution in [-0.2, 0) is 14.3 Å². The van der Waals surface area contributed by atoms with Crippen LogP contribution in [0.2, 0.25) is 0 Å². The molecule has 0 bridgehead atoms. The Morgan fingerprint density at radius 3 is 1.13 bits per heavy atom. The molecule has 0 aliphatic heterocycles. The second-order valence-electron chi connectivity index (χ2n) is 21.4. The Bertz CT molecular complexity index is 1130. The second-order valence-corrected chi connectivity index (χ2v) is 21.4. The zero-order valence-corrected chi connectivity index (χ0v) is 47.0. The van der Waals surface area contributed by atoms with Gasteiger partial charge in [0.05, 0.1) is 25.4 Å². The summed E-state index contributed by atoms with van der Waals surface area (Å²) in [6.07, 6.45) is 74.3. The molecular weight excluding hydrogens is 863 g/mol. The summed E-state index contributed by atoms with van der Waals surface area (Å²) in [6, 6.07) is -0.548. The van der Waals surface area contributed by atoms with Crippen LogP contribution < -0.4 is 5.32 Å². The molecule has 0 aromatic rings. The van der Waals surface area contributed by atoms with E-state index in [1.54, 1.807) is 0 Å². The van der Waals surface area contributed by atoms with Crippen molar-refractivity contribution in [2.24, 2.45) is 0 Å². The SMILES string of the molecule is CCCCC/C=C\C/C=C\CCCCCCCC(=O)OCCCCCCCCCCCC/C=C\CCCCCCCCCC(=O)NC(CO)C(O)CCCCCCCCCCCCCCCCCCC. The number of nitrogens with one attached hydrogen (secondary N) is 1. The Hall–Kier alpha value is -1.92. The molecular formula is C64H121NO5. The van der Waals surface area contributed by atoms with Gasteiger partial charge in [-0.15, -0.1) is 0 Å². The highest BCUT2D eigenvalue weighted by Crippen LogP contribution is 2.17. The van der Waals surface area contributed by atoms with Gasteiger partial charge in [0.25, 0.3) is 0 Å². The van der Waals surface area contributed by atoms with Crippen LogP contribution in [0.5, 0.6) is 0 Å². The van der Waals surface area contributed by atoms with Crippen molar-refractivity contribution in [2.45, 2.75) is 347 Å². The number of ether oxygens (including phenoxy) is 1. The minimum atomic E-state index is -0.670. The van der Waals surface area contributed by atoms with Crippen LogP contribution in [0.4, 0.5) is 0 Å². The number of carbonyl (C=O) groups is 2. The molecule has 1 amide bonds. The molecule has 0 aromatic carbocycles. The van der Waals surface area contributed by atoms with E-state index in [4.69, 9.17) is 4.74 Å². The normalized spacial score (nSPS) is 12.8. The summed E-state index contributed by atoms with van der Waals surface area (Å²) in [5.74, 6) is -0.0467. The standard InChI is InChI=1S/C64H121NO5/c1-3-5-7-9-11-13-15-17-19-25-29-32-36-40-44-48-52-56-62(67)61(60-66)65-63(68)57-53-49-45-41-37-33-30-26-23-21-20-22-24-27-31-35-39-43-47-51-55-59-70-64(69)58-54-50-46-42-38-34-28-18-16-14-12-10-8-6-4-2/h12,14,18,21,23,28,61-62,66-67H,3-11,13,15-17,19-20,22,24-27,29-60H2,1-2H3,(H,65,68)/b14-12-,23-21-,28-18-. The Balaban J connectivity index is 3.43. The molecule has 2 unspecified atom stereocenters. The van der Waals surface area contributed by atoms with Crippen molar-refractivity contribution in [3.8, 4) is 0 Å². The van der Waals surface area contributed by atoms with Gasteiger partial charge in [0.15, 0.2) is 0 Å². The number of allylic oxidation sites excluding steroid dienone is 6. The van der Waals surface area contributed by atoms with E-state index in [0.29, 0.717) is 25.9 Å². The highest BCUT2D eigenvalue weighted by Gasteiger charge is 2.20. The van der Waals surface area contributed by atoms with Gasteiger partial charge in [-0.05, 0) is 83.5 Å². The second kappa shape index (κ2) is 59.6. The summed E-state index contributed by atoms with van der Waals surface area (Å²) in [6.45, 7) is 4.93. The predicted octanol–water partition coefficient (Wildman–Crippen LogP) is 19.6. The van der Waals surface area contributed by atoms with Crippen LogP contribution in [0, 0.1) is 0 Å². The molecule has 0 saturated carbocycles. The van der Waals surface area contributed by atoms with Crippen LogP contribution in [0.25, 0.3) is 0 Å². The van der Waals surface area contributed by atoms with Crippen LogP contribution in [0.15, 0.2) is 36.5 Å². The first-order valence-corrected chi connectivity index (χ1v) is 31.2. The first kappa shape index (κ1) is 68.1. The van der Waals surface area contributed by atoms with E-state index in [1.807, 2.05) is 0 Å². The van der Waals surface area contributed by atoms with Gasteiger partial charge in [0.1, 0.15) is 0 Å². The van der Waals surface area contributed by atoms with Gasteiger partial charge in [0.2, 0.25) is 5.91 Å². The number of aliphatic hydroxyl groups excluding tert-OH is 2. The molecule has 0 radical (unpaired) electrons. The number of carbonyl (C=O) groups excluding carboxylic acids is 2. The number of esters is 1. The predicted molar refractivity (Wildman–Crippen MR) is 306 cm³/mol. The zero-order chi connectivity index (χ0) is 50.7. The van der Waals surface area contributed by atoms with Crippen molar-refractivity contribution >= 4 is 11.9 Å². The van der Waals surface area contributed by atoms with Gasteiger partial charge in [-0.25, -0.2) is 0 Å². The highest BCUT2D eigenvalue weighted by molar-refractivity contribution is 5.76. The van der Waals surface area contributed by atoms with Crippen molar-refractivity contribution < 1.29 is 24.5 Å². The van der Waals surface area contributed by atoms with Crippen LogP contribution in [0.3, 0.4) is 0 Å². The molecule has 0 aliphatic carbocycles. The van der Waals surface area contributed by atoms with Gasteiger partial charge >= 0.3 is 5.97 Å².